The summed E-state index contributed by atoms with van der Waals surface area (Å²) in [5.41, 5.74) is 2.05. The third-order valence-electron chi connectivity index (χ3n) is 4.63. The molecule has 3 aromatic rings. The zero-order chi connectivity index (χ0) is 21.5. The highest BCUT2D eigenvalue weighted by Gasteiger charge is 2.23. The fourth-order valence-corrected chi connectivity index (χ4v) is 5.21. The van der Waals surface area contributed by atoms with Gasteiger partial charge in [0.2, 0.25) is 0 Å². The van der Waals surface area contributed by atoms with Crippen LogP contribution in [0.2, 0.25) is 0 Å². The van der Waals surface area contributed by atoms with E-state index in [0.29, 0.717) is 30.1 Å². The van der Waals surface area contributed by atoms with Crippen molar-refractivity contribution in [1.29, 1.82) is 0 Å². The molecule has 30 heavy (non-hydrogen) atoms. The van der Waals surface area contributed by atoms with Crippen molar-refractivity contribution in [3.05, 3.63) is 60.4 Å². The number of ether oxygens (including phenoxy) is 3. The van der Waals surface area contributed by atoms with Gasteiger partial charge in [-0.05, 0) is 69.8 Å². The second kappa shape index (κ2) is 11.4. The molecule has 1 heterocycles. The second-order valence-corrected chi connectivity index (χ2v) is 9.09. The van der Waals surface area contributed by atoms with Crippen molar-refractivity contribution in [2.45, 2.75) is 26.2 Å². The van der Waals surface area contributed by atoms with Crippen molar-refractivity contribution < 1.29 is 23.4 Å². The lowest BCUT2D eigenvalue weighted by Crippen LogP contribution is -2.10. The number of unbranched alkanes of at least 4 members (excludes halogenated alkanes) is 1. The van der Waals surface area contributed by atoms with Gasteiger partial charge in [-0.3, -0.25) is 4.79 Å². The van der Waals surface area contributed by atoms with E-state index in [-0.39, 0.29) is 12.6 Å². The molecule has 0 amide bonds. The number of halogens is 2. The van der Waals surface area contributed by atoms with Gasteiger partial charge in [-0.25, -0.2) is 0 Å². The summed E-state index contributed by atoms with van der Waals surface area (Å²) in [5, 5.41) is 0.866. The molecule has 0 aliphatic rings. The Bertz CT molecular complexity index is 989. The van der Waals surface area contributed by atoms with Crippen LogP contribution < -0.4 is 4.74 Å². The van der Waals surface area contributed by atoms with Gasteiger partial charge in [0.15, 0.2) is 12.6 Å². The van der Waals surface area contributed by atoms with E-state index >= 15 is 0 Å². The molecule has 5 nitrogen and oxygen atoms in total. The minimum Gasteiger partial charge on any atom is -0.465 e. The maximum Gasteiger partial charge on any atom is 0.197 e. The summed E-state index contributed by atoms with van der Waals surface area (Å²) in [4.78, 5) is 13.5. The lowest BCUT2D eigenvalue weighted by atomic mass is 9.98. The fourth-order valence-electron chi connectivity index (χ4n) is 3.13. The van der Waals surface area contributed by atoms with Crippen LogP contribution in [-0.4, -0.2) is 32.9 Å². The number of carbonyl (C=O) groups is 1. The van der Waals surface area contributed by atoms with Crippen LogP contribution >= 0.6 is 45.2 Å². The van der Waals surface area contributed by atoms with Crippen molar-refractivity contribution in [3.8, 4) is 5.75 Å². The number of methoxy groups -OCH3 is 1. The van der Waals surface area contributed by atoms with Crippen LogP contribution in [0.5, 0.6) is 5.75 Å². The summed E-state index contributed by atoms with van der Waals surface area (Å²) in [5.74, 6) is 1.46. The molecule has 7 heteroatoms. The Labute approximate surface area is 203 Å². The van der Waals surface area contributed by atoms with Gasteiger partial charge in [-0.2, -0.15) is 0 Å². The number of ketones is 1. The van der Waals surface area contributed by atoms with E-state index in [0.717, 1.165) is 43.1 Å². The van der Waals surface area contributed by atoms with E-state index < -0.39 is 0 Å². The topological polar surface area (TPSA) is 57.9 Å². The van der Waals surface area contributed by atoms with E-state index in [1.54, 1.807) is 7.11 Å². The summed E-state index contributed by atoms with van der Waals surface area (Å²) < 4.78 is 23.9. The quantitative estimate of drug-likeness (QED) is 0.109. The van der Waals surface area contributed by atoms with Crippen LogP contribution in [0, 0.1) is 7.14 Å². The number of furan rings is 1. The minimum atomic E-state index is -0.0234. The zero-order valence-electron chi connectivity index (χ0n) is 17.0. The summed E-state index contributed by atoms with van der Waals surface area (Å²) in [6.07, 6.45) is 2.77. The Morgan fingerprint density at radius 2 is 1.83 bits per heavy atom. The van der Waals surface area contributed by atoms with Crippen molar-refractivity contribution in [1.82, 2.24) is 0 Å². The fraction of sp³-hybridized carbons (Fsp3) is 0.348. The average molecular weight is 634 g/mol. The highest BCUT2D eigenvalue weighted by molar-refractivity contribution is 14.1. The molecular formula is C23H24I2O5. The first-order valence-corrected chi connectivity index (χ1v) is 12.0. The van der Waals surface area contributed by atoms with Gasteiger partial charge in [0, 0.05) is 24.5 Å². The van der Waals surface area contributed by atoms with Crippen LogP contribution in [0.4, 0.5) is 0 Å². The maximum absolute atomic E-state index is 13.5. The Morgan fingerprint density at radius 1 is 1.10 bits per heavy atom. The van der Waals surface area contributed by atoms with Crippen LogP contribution in [0.15, 0.2) is 40.8 Å². The molecule has 0 N–H and O–H groups in total. The highest BCUT2D eigenvalue weighted by atomic mass is 127. The predicted octanol–water partition coefficient (Wildman–Crippen LogP) is 6.21. The van der Waals surface area contributed by atoms with E-state index in [1.807, 2.05) is 36.4 Å². The van der Waals surface area contributed by atoms with Gasteiger partial charge in [0.1, 0.15) is 17.1 Å². The molecule has 3 rings (SSSR count). The number of aryl methyl sites for hydroxylation is 1. The van der Waals surface area contributed by atoms with Gasteiger partial charge in [0.05, 0.1) is 25.9 Å². The molecular weight excluding hydrogens is 610 g/mol. The Balaban J connectivity index is 1.88. The Morgan fingerprint density at radius 3 is 2.53 bits per heavy atom. The number of hydrogen-bond donors (Lipinski definition) is 0. The second-order valence-electron chi connectivity index (χ2n) is 6.76. The Kier molecular flexibility index (Phi) is 8.97. The average Bonchev–Trinajstić information content (AvgIpc) is 3.11. The van der Waals surface area contributed by atoms with Crippen LogP contribution in [0.25, 0.3) is 11.0 Å². The van der Waals surface area contributed by atoms with Crippen molar-refractivity contribution >= 4 is 61.9 Å². The predicted molar refractivity (Wildman–Crippen MR) is 133 cm³/mol. The summed E-state index contributed by atoms with van der Waals surface area (Å²) in [7, 11) is 1.63. The molecule has 1 aromatic heterocycles. The van der Waals surface area contributed by atoms with Crippen LogP contribution in [0.3, 0.4) is 0 Å². The first-order valence-electron chi connectivity index (χ1n) is 9.80. The summed E-state index contributed by atoms with van der Waals surface area (Å²) in [6.45, 7) is 3.25. The first-order chi connectivity index (χ1) is 14.6. The number of carbonyl (C=O) groups excluding carboxylic acids is 1. The van der Waals surface area contributed by atoms with Crippen molar-refractivity contribution in [2.24, 2.45) is 0 Å². The molecule has 0 saturated carbocycles. The number of hydrogen-bond acceptors (Lipinski definition) is 5. The monoisotopic (exact) mass is 634 g/mol. The van der Waals surface area contributed by atoms with Crippen LogP contribution in [-0.2, 0) is 15.9 Å². The molecule has 0 saturated heterocycles. The van der Waals surface area contributed by atoms with Crippen molar-refractivity contribution in [3.63, 3.8) is 0 Å². The van der Waals surface area contributed by atoms with E-state index in [9.17, 15) is 4.79 Å². The number of benzene rings is 2. The third-order valence-corrected chi connectivity index (χ3v) is 6.23. The number of rotatable bonds is 11. The molecule has 0 aliphatic carbocycles. The molecule has 0 radical (unpaired) electrons. The molecule has 0 aliphatic heterocycles. The number of fused-ring (bicyclic) bond motifs is 1. The van der Waals surface area contributed by atoms with E-state index in [1.165, 1.54) is 0 Å². The first kappa shape index (κ1) is 23.5. The van der Waals surface area contributed by atoms with Crippen molar-refractivity contribution in [2.75, 3.05) is 27.1 Å². The van der Waals surface area contributed by atoms with Gasteiger partial charge in [-0.15, -0.1) is 0 Å². The lowest BCUT2D eigenvalue weighted by molar-refractivity contribution is -0.00922. The maximum atomic E-state index is 13.5. The van der Waals surface area contributed by atoms with E-state index in [2.05, 4.69) is 52.1 Å². The Hall–Kier alpha value is -1.17. The molecule has 2 aromatic carbocycles. The minimum absolute atomic E-state index is 0.0234. The normalized spacial score (nSPS) is 11.2. The largest absolute Gasteiger partial charge is 0.465 e. The standard InChI is InChI=1S/C23H24I2O5/c1-3-4-8-20-21(16-7-5-6-9-19(16)30-20)22(26)15-12-17(24)23(18(25)13-15)29-14-28-11-10-27-2/h5-7,9,12-13H,3-4,8,10-11,14H2,1-2H3. The van der Waals surface area contributed by atoms with Gasteiger partial charge < -0.3 is 18.6 Å². The SMILES string of the molecule is CCCCc1oc2ccccc2c1C(=O)c1cc(I)c(OCOCCOC)c(I)c1. The third kappa shape index (κ3) is 5.54. The number of para-hydroxylation sites is 1. The molecule has 0 unspecified atom stereocenters. The molecule has 0 atom stereocenters. The summed E-state index contributed by atoms with van der Waals surface area (Å²) in [6, 6.07) is 11.5. The van der Waals surface area contributed by atoms with Gasteiger partial charge in [-0.1, -0.05) is 31.5 Å². The van der Waals surface area contributed by atoms with Gasteiger partial charge >= 0.3 is 0 Å². The molecule has 160 valence electrons. The van der Waals surface area contributed by atoms with Crippen LogP contribution in [0.1, 0.15) is 41.4 Å². The molecule has 0 bridgehead atoms. The molecule has 0 fully saturated rings. The zero-order valence-corrected chi connectivity index (χ0v) is 21.3. The van der Waals surface area contributed by atoms with E-state index in [4.69, 9.17) is 18.6 Å². The highest BCUT2D eigenvalue weighted by Crippen LogP contribution is 2.33. The smallest absolute Gasteiger partial charge is 0.197 e. The molecule has 0 spiro atoms. The van der Waals surface area contributed by atoms with Gasteiger partial charge in [0.25, 0.3) is 0 Å². The lowest BCUT2D eigenvalue weighted by Gasteiger charge is -2.12. The summed E-state index contributed by atoms with van der Waals surface area (Å²) >= 11 is 4.39.